The van der Waals surface area contributed by atoms with Crippen LogP contribution in [0, 0.1) is 6.92 Å². The first kappa shape index (κ1) is 29.9. The maximum atomic E-state index is 12.8. The van der Waals surface area contributed by atoms with Gasteiger partial charge >= 0.3 is 6.09 Å². The molecule has 0 bridgehead atoms. The maximum Gasteiger partial charge on any atom is 0.410 e. The third-order valence-electron chi connectivity index (χ3n) is 9.26. The van der Waals surface area contributed by atoms with Gasteiger partial charge in [0.25, 0.3) is 0 Å². The van der Waals surface area contributed by atoms with Crippen molar-refractivity contribution in [1.82, 2.24) is 19.4 Å². The molecule has 222 valence electrons. The molecule has 2 aliphatic rings. The van der Waals surface area contributed by atoms with Gasteiger partial charge in [0.1, 0.15) is 11.4 Å². The fourth-order valence-electron chi connectivity index (χ4n) is 7.17. The lowest BCUT2D eigenvalue weighted by atomic mass is 9.70. The third-order valence-corrected chi connectivity index (χ3v) is 9.49. The van der Waals surface area contributed by atoms with Gasteiger partial charge in [0.2, 0.25) is 0 Å². The molecule has 0 aliphatic carbocycles. The highest BCUT2D eigenvalue weighted by Crippen LogP contribution is 2.41. The second-order valence-electron chi connectivity index (χ2n) is 13.2. The maximum absolute atomic E-state index is 12.8. The van der Waals surface area contributed by atoms with Crippen molar-refractivity contribution in [3.05, 3.63) is 64.9 Å². The first-order valence-corrected chi connectivity index (χ1v) is 15.9. The Balaban J connectivity index is 1.31. The van der Waals surface area contributed by atoms with Crippen LogP contribution in [0.4, 0.5) is 4.79 Å². The van der Waals surface area contributed by atoms with Gasteiger partial charge in [-0.3, -0.25) is 0 Å². The Morgan fingerprint density at radius 1 is 1.10 bits per heavy atom. The van der Waals surface area contributed by atoms with Gasteiger partial charge in [-0.05, 0) is 108 Å². The number of halogens is 1. The highest BCUT2D eigenvalue weighted by atomic mass is 35.5. The molecule has 3 heterocycles. The number of rotatable bonds is 7. The van der Waals surface area contributed by atoms with E-state index in [1.807, 2.05) is 31.7 Å². The summed E-state index contributed by atoms with van der Waals surface area (Å²) in [5, 5.41) is 0.782. The van der Waals surface area contributed by atoms with Crippen LogP contribution < -0.4 is 0 Å². The minimum absolute atomic E-state index is 0.00579. The number of amides is 1. The molecule has 5 rings (SSSR count). The topological polar surface area (TPSA) is 50.6 Å². The molecule has 0 spiro atoms. The SMILES string of the molecule is CCC[C@@H]1C[C@H](n2c(C)nc3ccccc32)CCN1CCC1(c2cccc(Cl)c2)CCN(C(=O)OC(C)(C)C)CC1. The van der Waals surface area contributed by atoms with E-state index in [-0.39, 0.29) is 11.5 Å². The van der Waals surface area contributed by atoms with Crippen molar-refractivity contribution in [2.24, 2.45) is 0 Å². The first-order valence-electron chi connectivity index (χ1n) is 15.5. The molecule has 3 aromatic rings. The molecule has 2 saturated heterocycles. The van der Waals surface area contributed by atoms with Crippen molar-refractivity contribution < 1.29 is 9.53 Å². The summed E-state index contributed by atoms with van der Waals surface area (Å²) in [6.45, 7) is 13.8. The Labute approximate surface area is 251 Å². The fraction of sp³-hybridized carbons (Fsp3) is 0.588. The van der Waals surface area contributed by atoms with E-state index in [4.69, 9.17) is 21.3 Å². The number of likely N-dealkylation sites (tertiary alicyclic amines) is 2. The summed E-state index contributed by atoms with van der Waals surface area (Å²) in [5.74, 6) is 1.12. The van der Waals surface area contributed by atoms with Gasteiger partial charge in [-0.15, -0.1) is 0 Å². The van der Waals surface area contributed by atoms with Crippen LogP contribution in [0.25, 0.3) is 11.0 Å². The Morgan fingerprint density at radius 2 is 1.85 bits per heavy atom. The van der Waals surface area contributed by atoms with Crippen LogP contribution in [-0.4, -0.2) is 63.3 Å². The number of hydrogen-bond donors (Lipinski definition) is 0. The molecule has 0 saturated carbocycles. The van der Waals surface area contributed by atoms with E-state index in [0.29, 0.717) is 25.2 Å². The van der Waals surface area contributed by atoms with Crippen LogP contribution in [-0.2, 0) is 10.2 Å². The van der Waals surface area contributed by atoms with Crippen LogP contribution in [0.3, 0.4) is 0 Å². The molecule has 0 unspecified atom stereocenters. The Hall–Kier alpha value is -2.57. The second kappa shape index (κ2) is 12.3. The molecule has 1 aromatic heterocycles. The molecule has 2 aromatic carbocycles. The van der Waals surface area contributed by atoms with Gasteiger partial charge in [0, 0.05) is 36.7 Å². The lowest BCUT2D eigenvalue weighted by Gasteiger charge is -2.46. The number of aryl methyl sites for hydroxylation is 1. The number of nitrogens with zero attached hydrogens (tertiary/aromatic N) is 4. The molecule has 7 heteroatoms. The van der Waals surface area contributed by atoms with Crippen LogP contribution in [0.2, 0.25) is 5.02 Å². The van der Waals surface area contributed by atoms with E-state index in [2.05, 4.69) is 65.8 Å². The summed E-state index contributed by atoms with van der Waals surface area (Å²) in [6, 6.07) is 18.0. The minimum Gasteiger partial charge on any atom is -0.444 e. The average Bonchev–Trinajstić information content (AvgIpc) is 3.27. The van der Waals surface area contributed by atoms with Gasteiger partial charge in [0.15, 0.2) is 0 Å². The first-order chi connectivity index (χ1) is 19.6. The van der Waals surface area contributed by atoms with Crippen LogP contribution in [0.5, 0.6) is 0 Å². The molecule has 2 atom stereocenters. The lowest BCUT2D eigenvalue weighted by molar-refractivity contribution is 0.0144. The van der Waals surface area contributed by atoms with Crippen LogP contribution in [0.1, 0.15) is 90.1 Å². The lowest BCUT2D eigenvalue weighted by Crippen LogP contribution is -2.49. The zero-order valence-corrected chi connectivity index (χ0v) is 26.3. The van der Waals surface area contributed by atoms with E-state index in [1.54, 1.807) is 0 Å². The van der Waals surface area contributed by atoms with Gasteiger partial charge in [-0.25, -0.2) is 9.78 Å². The summed E-state index contributed by atoms with van der Waals surface area (Å²) >= 11 is 6.51. The summed E-state index contributed by atoms with van der Waals surface area (Å²) < 4.78 is 8.19. The summed E-state index contributed by atoms with van der Waals surface area (Å²) in [7, 11) is 0. The monoisotopic (exact) mass is 578 g/mol. The second-order valence-corrected chi connectivity index (χ2v) is 13.6. The number of imidazole rings is 1. The van der Waals surface area contributed by atoms with E-state index < -0.39 is 5.60 Å². The normalized spacial score (nSPS) is 21.8. The number of aromatic nitrogens is 2. The van der Waals surface area contributed by atoms with E-state index in [1.165, 1.54) is 23.9 Å². The van der Waals surface area contributed by atoms with Gasteiger partial charge in [-0.2, -0.15) is 0 Å². The van der Waals surface area contributed by atoms with E-state index in [0.717, 1.165) is 61.6 Å². The molecule has 41 heavy (non-hydrogen) atoms. The van der Waals surface area contributed by atoms with Crippen molar-refractivity contribution in [2.75, 3.05) is 26.2 Å². The van der Waals surface area contributed by atoms with Crippen molar-refractivity contribution in [3.8, 4) is 0 Å². The van der Waals surface area contributed by atoms with Gasteiger partial charge in [0.05, 0.1) is 11.0 Å². The predicted molar refractivity (Wildman–Crippen MR) is 168 cm³/mol. The highest BCUT2D eigenvalue weighted by Gasteiger charge is 2.40. The number of fused-ring (bicyclic) bond motifs is 1. The van der Waals surface area contributed by atoms with Gasteiger partial charge < -0.3 is 19.1 Å². The van der Waals surface area contributed by atoms with E-state index >= 15 is 0 Å². The van der Waals surface area contributed by atoms with Crippen molar-refractivity contribution >= 4 is 28.7 Å². The van der Waals surface area contributed by atoms with Crippen LogP contribution in [0.15, 0.2) is 48.5 Å². The number of carbonyl (C=O) groups excluding carboxylic acids is 1. The number of benzene rings is 2. The fourth-order valence-corrected chi connectivity index (χ4v) is 7.36. The molecule has 2 aliphatic heterocycles. The summed E-state index contributed by atoms with van der Waals surface area (Å²) in [6.07, 6.45) is 7.38. The largest absolute Gasteiger partial charge is 0.444 e. The highest BCUT2D eigenvalue weighted by molar-refractivity contribution is 6.30. The van der Waals surface area contributed by atoms with Crippen molar-refractivity contribution in [1.29, 1.82) is 0 Å². The smallest absolute Gasteiger partial charge is 0.410 e. The molecule has 0 radical (unpaired) electrons. The molecular weight excluding hydrogens is 532 g/mol. The molecule has 1 amide bonds. The summed E-state index contributed by atoms with van der Waals surface area (Å²) in [5.41, 5.74) is 3.17. The number of para-hydroxylation sites is 2. The summed E-state index contributed by atoms with van der Waals surface area (Å²) in [4.78, 5) is 22.3. The van der Waals surface area contributed by atoms with Gasteiger partial charge in [-0.1, -0.05) is 49.2 Å². The Bertz CT molecular complexity index is 1340. The number of ether oxygens (including phenoxy) is 1. The number of hydrogen-bond acceptors (Lipinski definition) is 4. The third kappa shape index (κ3) is 6.75. The Morgan fingerprint density at radius 3 is 2.56 bits per heavy atom. The van der Waals surface area contributed by atoms with E-state index in [9.17, 15) is 4.79 Å². The average molecular weight is 579 g/mol. The number of piperidine rings is 2. The molecular formula is C34H47ClN4O2. The standard InChI is InChI=1S/C34H47ClN4O2/c1-6-10-28-24-29(39-25(2)36-30-13-7-8-14-31(30)39)15-19-37(28)20-16-34(26-11-9-12-27(35)23-26)17-21-38(22-18-34)32(40)41-33(3,4)5/h7-9,11-14,23,28-29H,6,10,15-22,24H2,1-5H3/t28-,29-/m1/s1. The molecule has 0 N–H and O–H groups in total. The predicted octanol–water partition coefficient (Wildman–Crippen LogP) is 8.16. The van der Waals surface area contributed by atoms with Crippen LogP contribution >= 0.6 is 11.6 Å². The molecule has 2 fully saturated rings. The quantitative estimate of drug-likeness (QED) is 0.284. The molecule has 6 nitrogen and oxygen atoms in total. The zero-order chi connectivity index (χ0) is 29.2. The number of carbonyl (C=O) groups is 1. The minimum atomic E-state index is -0.486. The zero-order valence-electron chi connectivity index (χ0n) is 25.5. The van der Waals surface area contributed by atoms with Crippen molar-refractivity contribution in [3.63, 3.8) is 0 Å². The Kier molecular flexibility index (Phi) is 9.01. The van der Waals surface area contributed by atoms with Crippen molar-refractivity contribution in [2.45, 2.75) is 103 Å².